The molecule has 0 heterocycles. The van der Waals surface area contributed by atoms with Crippen LogP contribution in [0.15, 0.2) is 22.7 Å². The Morgan fingerprint density at radius 2 is 2.06 bits per heavy atom. The average molecular weight is 334 g/mol. The van der Waals surface area contributed by atoms with Gasteiger partial charge >= 0.3 is 0 Å². The van der Waals surface area contributed by atoms with E-state index in [1.54, 1.807) is 18.2 Å². The summed E-state index contributed by atoms with van der Waals surface area (Å²) < 4.78 is 0.795. The van der Waals surface area contributed by atoms with Crippen LogP contribution in [0.25, 0.3) is 0 Å². The Morgan fingerprint density at radius 1 is 1.39 bits per heavy atom. The summed E-state index contributed by atoms with van der Waals surface area (Å²) in [4.78, 5) is 14.1. The van der Waals surface area contributed by atoms with Crippen LogP contribution in [0.5, 0.6) is 0 Å². The first-order valence-electron chi connectivity index (χ1n) is 6.04. The first-order valence-corrected chi connectivity index (χ1v) is 7.21. The van der Waals surface area contributed by atoms with Crippen LogP contribution in [-0.4, -0.2) is 37.0 Å². The molecule has 0 saturated heterocycles. The number of halogens is 2. The van der Waals surface area contributed by atoms with E-state index in [1.807, 2.05) is 0 Å². The third-order valence-corrected chi connectivity index (χ3v) is 4.02. The second-order valence-corrected chi connectivity index (χ2v) is 5.17. The highest BCUT2D eigenvalue weighted by atomic mass is 79.9. The van der Waals surface area contributed by atoms with Gasteiger partial charge in [-0.15, -0.1) is 0 Å². The molecule has 18 heavy (non-hydrogen) atoms. The smallest absolute Gasteiger partial charge is 0.251 e. The number of nitrogens with zero attached hydrogens (tertiary/aromatic N) is 1. The summed E-state index contributed by atoms with van der Waals surface area (Å²) in [6.07, 6.45) is 0. The molecule has 100 valence electrons. The van der Waals surface area contributed by atoms with Gasteiger partial charge in [-0.2, -0.15) is 0 Å². The molecule has 0 aromatic heterocycles. The molecule has 1 aromatic rings. The molecule has 0 aliphatic carbocycles. The fourth-order valence-electron chi connectivity index (χ4n) is 1.61. The summed E-state index contributed by atoms with van der Waals surface area (Å²) in [6.45, 7) is 7.73. The van der Waals surface area contributed by atoms with Gasteiger partial charge in [-0.05, 0) is 47.2 Å². The van der Waals surface area contributed by atoms with E-state index in [0.29, 0.717) is 17.1 Å². The summed E-state index contributed by atoms with van der Waals surface area (Å²) in [5.41, 5.74) is 0.586. The van der Waals surface area contributed by atoms with Crippen LogP contribution in [0.1, 0.15) is 24.2 Å². The quantitative estimate of drug-likeness (QED) is 0.867. The van der Waals surface area contributed by atoms with Crippen LogP contribution in [0.4, 0.5) is 0 Å². The lowest BCUT2D eigenvalue weighted by molar-refractivity contribution is 0.0949. The first-order chi connectivity index (χ1) is 8.58. The Kier molecular flexibility index (Phi) is 6.68. The molecule has 1 rings (SSSR count). The highest BCUT2D eigenvalue weighted by Gasteiger charge is 2.07. The lowest BCUT2D eigenvalue weighted by Crippen LogP contribution is -2.34. The van der Waals surface area contributed by atoms with Crippen LogP contribution in [0.2, 0.25) is 5.02 Å². The molecule has 5 heteroatoms. The second kappa shape index (κ2) is 7.77. The Hall–Kier alpha value is -0.580. The van der Waals surface area contributed by atoms with Crippen molar-refractivity contribution in [1.82, 2.24) is 10.2 Å². The lowest BCUT2D eigenvalue weighted by Gasteiger charge is -2.17. The van der Waals surface area contributed by atoms with Crippen molar-refractivity contribution >= 4 is 33.4 Å². The zero-order valence-electron chi connectivity index (χ0n) is 10.7. The van der Waals surface area contributed by atoms with E-state index < -0.39 is 0 Å². The molecule has 0 aliphatic rings. The number of hydrogen-bond donors (Lipinski definition) is 1. The molecule has 0 bridgehead atoms. The molecule has 0 spiro atoms. The van der Waals surface area contributed by atoms with Crippen molar-refractivity contribution in [3.05, 3.63) is 33.3 Å². The maximum Gasteiger partial charge on any atom is 0.251 e. The van der Waals surface area contributed by atoms with Gasteiger partial charge in [0, 0.05) is 23.1 Å². The lowest BCUT2D eigenvalue weighted by atomic mass is 10.2. The number of likely N-dealkylation sites (N-methyl/N-ethyl adjacent to an activating group) is 1. The van der Waals surface area contributed by atoms with Crippen molar-refractivity contribution in [2.45, 2.75) is 13.8 Å². The van der Waals surface area contributed by atoms with Gasteiger partial charge in [0.15, 0.2) is 0 Å². The predicted octanol–water partition coefficient (Wildman–Crippen LogP) is 3.17. The van der Waals surface area contributed by atoms with E-state index in [9.17, 15) is 4.79 Å². The van der Waals surface area contributed by atoms with Crippen molar-refractivity contribution < 1.29 is 4.79 Å². The largest absolute Gasteiger partial charge is 0.351 e. The Bertz CT molecular complexity index is 408. The van der Waals surface area contributed by atoms with Gasteiger partial charge in [0.2, 0.25) is 0 Å². The number of benzene rings is 1. The molecule has 0 saturated carbocycles. The van der Waals surface area contributed by atoms with Gasteiger partial charge in [-0.25, -0.2) is 0 Å². The summed E-state index contributed by atoms with van der Waals surface area (Å²) >= 11 is 9.25. The summed E-state index contributed by atoms with van der Waals surface area (Å²) in [7, 11) is 0. The number of nitrogens with one attached hydrogen (secondary N) is 1. The minimum Gasteiger partial charge on any atom is -0.351 e. The van der Waals surface area contributed by atoms with Gasteiger partial charge in [-0.1, -0.05) is 25.4 Å². The molecule has 1 aromatic carbocycles. The molecular weight excluding hydrogens is 316 g/mol. The number of carbonyl (C=O) groups excluding carboxylic acids is 1. The monoisotopic (exact) mass is 332 g/mol. The minimum absolute atomic E-state index is 0.0865. The average Bonchev–Trinajstić information content (AvgIpc) is 2.37. The zero-order valence-corrected chi connectivity index (χ0v) is 13.0. The van der Waals surface area contributed by atoms with Crippen LogP contribution >= 0.6 is 27.5 Å². The van der Waals surface area contributed by atoms with Crippen molar-refractivity contribution in [2.75, 3.05) is 26.2 Å². The number of amides is 1. The molecule has 0 fully saturated rings. The van der Waals surface area contributed by atoms with E-state index in [0.717, 1.165) is 24.1 Å². The van der Waals surface area contributed by atoms with Crippen LogP contribution in [0.3, 0.4) is 0 Å². The Labute approximate surface area is 122 Å². The van der Waals surface area contributed by atoms with E-state index in [4.69, 9.17) is 11.6 Å². The normalized spacial score (nSPS) is 10.7. The van der Waals surface area contributed by atoms with Crippen LogP contribution < -0.4 is 5.32 Å². The summed E-state index contributed by atoms with van der Waals surface area (Å²) in [5.74, 6) is -0.0865. The third kappa shape index (κ3) is 4.59. The summed E-state index contributed by atoms with van der Waals surface area (Å²) in [6, 6.07) is 5.20. The molecule has 1 N–H and O–H groups in total. The van der Waals surface area contributed by atoms with Gasteiger partial charge < -0.3 is 10.2 Å². The van der Waals surface area contributed by atoms with Crippen molar-refractivity contribution in [3.63, 3.8) is 0 Å². The van der Waals surface area contributed by atoms with E-state index >= 15 is 0 Å². The second-order valence-electron chi connectivity index (χ2n) is 3.91. The highest BCUT2D eigenvalue weighted by Crippen LogP contribution is 2.22. The molecule has 0 atom stereocenters. The SMILES string of the molecule is CCN(CC)CCNC(=O)c1ccc(Br)c(Cl)c1. The molecule has 0 aliphatic heterocycles. The van der Waals surface area contributed by atoms with Gasteiger partial charge in [0.25, 0.3) is 5.91 Å². The van der Waals surface area contributed by atoms with E-state index in [1.165, 1.54) is 0 Å². The fraction of sp³-hybridized carbons (Fsp3) is 0.462. The van der Waals surface area contributed by atoms with E-state index in [2.05, 4.69) is 40.0 Å². The summed E-state index contributed by atoms with van der Waals surface area (Å²) in [5, 5.41) is 3.44. The van der Waals surface area contributed by atoms with Crippen molar-refractivity contribution in [3.8, 4) is 0 Å². The maximum atomic E-state index is 11.9. The molecular formula is C13H18BrClN2O. The van der Waals surface area contributed by atoms with Gasteiger partial charge in [-0.3, -0.25) is 4.79 Å². The van der Waals surface area contributed by atoms with Gasteiger partial charge in [0.05, 0.1) is 5.02 Å². The van der Waals surface area contributed by atoms with Crippen molar-refractivity contribution in [2.24, 2.45) is 0 Å². The fourth-order valence-corrected chi connectivity index (χ4v) is 2.03. The Balaban J connectivity index is 2.48. The molecule has 0 radical (unpaired) electrons. The maximum absolute atomic E-state index is 11.9. The molecule has 0 unspecified atom stereocenters. The van der Waals surface area contributed by atoms with Crippen LogP contribution in [-0.2, 0) is 0 Å². The van der Waals surface area contributed by atoms with Crippen LogP contribution in [0, 0.1) is 0 Å². The predicted molar refractivity (Wildman–Crippen MR) is 79.3 cm³/mol. The molecule has 3 nitrogen and oxygen atoms in total. The highest BCUT2D eigenvalue weighted by molar-refractivity contribution is 9.10. The number of carbonyl (C=O) groups is 1. The number of rotatable bonds is 6. The number of hydrogen-bond acceptors (Lipinski definition) is 2. The minimum atomic E-state index is -0.0865. The third-order valence-electron chi connectivity index (χ3n) is 2.79. The zero-order chi connectivity index (χ0) is 13.5. The first kappa shape index (κ1) is 15.5. The van der Waals surface area contributed by atoms with Gasteiger partial charge in [0.1, 0.15) is 0 Å². The van der Waals surface area contributed by atoms with E-state index in [-0.39, 0.29) is 5.91 Å². The molecule has 1 amide bonds. The Morgan fingerprint density at radius 3 is 2.61 bits per heavy atom. The van der Waals surface area contributed by atoms with Crippen molar-refractivity contribution in [1.29, 1.82) is 0 Å². The standard InChI is InChI=1S/C13H18BrClN2O/c1-3-17(4-2)8-7-16-13(18)10-5-6-11(14)12(15)9-10/h5-6,9H,3-4,7-8H2,1-2H3,(H,16,18). The topological polar surface area (TPSA) is 32.3 Å².